The summed E-state index contributed by atoms with van der Waals surface area (Å²) < 4.78 is 6.11. The van der Waals surface area contributed by atoms with Gasteiger partial charge in [-0.2, -0.15) is 5.10 Å². The predicted molar refractivity (Wildman–Crippen MR) is 57.2 cm³/mol. The van der Waals surface area contributed by atoms with Gasteiger partial charge in [0.15, 0.2) is 0 Å². The number of rotatable bonds is 2. The van der Waals surface area contributed by atoms with Crippen LogP contribution in [0.3, 0.4) is 0 Å². The molecule has 0 aliphatic heterocycles. The van der Waals surface area contributed by atoms with Crippen LogP contribution in [0.25, 0.3) is 0 Å². The average molecular weight is 231 g/mol. The van der Waals surface area contributed by atoms with Crippen LogP contribution in [0.1, 0.15) is 20.7 Å². The van der Waals surface area contributed by atoms with Crippen LogP contribution < -0.4 is 0 Å². The Morgan fingerprint density at radius 2 is 2.00 bits per heavy atom. The van der Waals surface area contributed by atoms with E-state index in [2.05, 4.69) is 14.8 Å². The normalized spacial score (nSPS) is 9.94. The molecule has 0 bridgehead atoms. The number of aromatic nitrogens is 3. The molecule has 0 radical (unpaired) electrons. The van der Waals surface area contributed by atoms with E-state index in [9.17, 15) is 9.59 Å². The summed E-state index contributed by atoms with van der Waals surface area (Å²) in [6.45, 7) is 0. The summed E-state index contributed by atoms with van der Waals surface area (Å²) in [5, 5.41) is 3.81. The number of carbonyl (C=O) groups excluding carboxylic acids is 2. The fraction of sp³-hybridized carbons (Fsp3) is 0.0909. The van der Waals surface area contributed by atoms with Crippen molar-refractivity contribution in [2.24, 2.45) is 7.05 Å². The molecule has 17 heavy (non-hydrogen) atoms. The highest BCUT2D eigenvalue weighted by Crippen LogP contribution is 2.04. The SMILES string of the molecule is Cn1cc(C(=O)OC(=O)c2cccnc2)cn1. The van der Waals surface area contributed by atoms with Crippen molar-refractivity contribution in [3.05, 3.63) is 48.0 Å². The molecule has 2 aromatic heterocycles. The van der Waals surface area contributed by atoms with Gasteiger partial charge in [0.1, 0.15) is 0 Å². The molecular weight excluding hydrogens is 222 g/mol. The maximum Gasteiger partial charge on any atom is 0.349 e. The second-order valence-corrected chi connectivity index (χ2v) is 3.32. The molecule has 0 saturated carbocycles. The summed E-state index contributed by atoms with van der Waals surface area (Å²) in [4.78, 5) is 26.8. The van der Waals surface area contributed by atoms with Gasteiger partial charge >= 0.3 is 11.9 Å². The van der Waals surface area contributed by atoms with E-state index < -0.39 is 11.9 Å². The molecule has 0 aliphatic rings. The summed E-state index contributed by atoms with van der Waals surface area (Å²) in [5.41, 5.74) is 0.453. The van der Waals surface area contributed by atoms with Crippen LogP contribution in [0.15, 0.2) is 36.9 Å². The largest absolute Gasteiger partial charge is 0.386 e. The third kappa shape index (κ3) is 2.54. The number of ether oxygens (including phenoxy) is 1. The molecule has 0 fully saturated rings. The number of nitrogens with zero attached hydrogens (tertiary/aromatic N) is 3. The first-order valence-corrected chi connectivity index (χ1v) is 4.82. The summed E-state index contributed by atoms with van der Waals surface area (Å²) in [6, 6.07) is 3.11. The molecule has 0 saturated heterocycles. The van der Waals surface area contributed by atoms with E-state index >= 15 is 0 Å². The fourth-order valence-corrected chi connectivity index (χ4v) is 1.21. The Balaban J connectivity index is 2.07. The zero-order valence-electron chi connectivity index (χ0n) is 9.03. The topological polar surface area (TPSA) is 74.1 Å². The highest BCUT2D eigenvalue weighted by atomic mass is 16.6. The van der Waals surface area contributed by atoms with Crippen LogP contribution in [0.5, 0.6) is 0 Å². The molecule has 2 rings (SSSR count). The quantitative estimate of drug-likeness (QED) is 0.565. The number of hydrogen-bond acceptors (Lipinski definition) is 5. The van der Waals surface area contributed by atoms with E-state index in [1.165, 1.54) is 35.5 Å². The number of pyridine rings is 1. The van der Waals surface area contributed by atoms with E-state index in [4.69, 9.17) is 0 Å². The molecule has 0 unspecified atom stereocenters. The van der Waals surface area contributed by atoms with Crippen LogP contribution >= 0.6 is 0 Å². The van der Waals surface area contributed by atoms with Crippen LogP contribution in [-0.2, 0) is 11.8 Å². The van der Waals surface area contributed by atoms with Gasteiger partial charge < -0.3 is 4.74 Å². The van der Waals surface area contributed by atoms with Crippen LogP contribution in [0.4, 0.5) is 0 Å². The highest BCUT2D eigenvalue weighted by Gasteiger charge is 2.15. The maximum absolute atomic E-state index is 11.5. The lowest BCUT2D eigenvalue weighted by molar-refractivity contribution is 0.0397. The molecule has 0 amide bonds. The fourth-order valence-electron chi connectivity index (χ4n) is 1.21. The molecule has 0 N–H and O–H groups in total. The molecule has 86 valence electrons. The van der Waals surface area contributed by atoms with Crippen molar-refractivity contribution in [1.82, 2.24) is 14.8 Å². The third-order valence-electron chi connectivity index (χ3n) is 2.02. The number of esters is 2. The van der Waals surface area contributed by atoms with Gasteiger partial charge in [0.25, 0.3) is 0 Å². The van der Waals surface area contributed by atoms with Crippen LogP contribution in [0, 0.1) is 0 Å². The van der Waals surface area contributed by atoms with Crippen molar-refractivity contribution in [3.8, 4) is 0 Å². The van der Waals surface area contributed by atoms with Crippen molar-refractivity contribution >= 4 is 11.9 Å². The number of carbonyl (C=O) groups is 2. The molecule has 0 spiro atoms. The molecule has 0 aromatic carbocycles. The van der Waals surface area contributed by atoms with Gasteiger partial charge in [-0.3, -0.25) is 9.67 Å². The average Bonchev–Trinajstić information content (AvgIpc) is 2.77. The molecule has 6 nitrogen and oxygen atoms in total. The summed E-state index contributed by atoms with van der Waals surface area (Å²) in [5.74, 6) is -1.46. The minimum absolute atomic E-state index is 0.227. The Hall–Kier alpha value is -2.50. The predicted octanol–water partition coefficient (Wildman–Crippen LogP) is 0.812. The van der Waals surface area contributed by atoms with E-state index in [0.717, 1.165) is 0 Å². The lowest BCUT2D eigenvalue weighted by Crippen LogP contribution is -2.12. The van der Waals surface area contributed by atoms with Crippen LogP contribution in [0.2, 0.25) is 0 Å². The standard InChI is InChI=1S/C11H9N3O3/c1-14-7-9(6-13-14)11(16)17-10(15)8-3-2-4-12-5-8/h2-7H,1H3. The molecular formula is C11H9N3O3. The molecule has 2 heterocycles. The maximum atomic E-state index is 11.5. The van der Waals surface area contributed by atoms with Gasteiger partial charge in [-0.15, -0.1) is 0 Å². The van der Waals surface area contributed by atoms with Crippen molar-refractivity contribution in [2.75, 3.05) is 0 Å². The lowest BCUT2D eigenvalue weighted by Gasteiger charge is -2.00. The molecule has 0 aliphatic carbocycles. The highest BCUT2D eigenvalue weighted by molar-refractivity contribution is 6.02. The van der Waals surface area contributed by atoms with E-state index in [1.54, 1.807) is 13.1 Å². The van der Waals surface area contributed by atoms with Gasteiger partial charge in [0.05, 0.1) is 17.3 Å². The third-order valence-corrected chi connectivity index (χ3v) is 2.02. The van der Waals surface area contributed by atoms with Gasteiger partial charge in [-0.1, -0.05) is 0 Å². The molecule has 6 heteroatoms. The van der Waals surface area contributed by atoms with Crippen molar-refractivity contribution < 1.29 is 14.3 Å². The first-order chi connectivity index (χ1) is 8.16. The first kappa shape index (κ1) is 11.0. The van der Waals surface area contributed by atoms with Gasteiger partial charge in [0, 0.05) is 25.6 Å². The number of aryl methyl sites for hydroxylation is 1. The molecule has 0 atom stereocenters. The van der Waals surface area contributed by atoms with E-state index in [0.29, 0.717) is 0 Å². The van der Waals surface area contributed by atoms with E-state index in [-0.39, 0.29) is 11.1 Å². The van der Waals surface area contributed by atoms with Crippen molar-refractivity contribution in [3.63, 3.8) is 0 Å². The summed E-state index contributed by atoms with van der Waals surface area (Å²) in [6.07, 6.45) is 5.66. The number of hydrogen-bond donors (Lipinski definition) is 0. The molecule has 2 aromatic rings. The minimum atomic E-state index is -0.730. The van der Waals surface area contributed by atoms with Crippen molar-refractivity contribution in [2.45, 2.75) is 0 Å². The Morgan fingerprint density at radius 3 is 2.59 bits per heavy atom. The van der Waals surface area contributed by atoms with Gasteiger partial charge in [-0.25, -0.2) is 9.59 Å². The van der Waals surface area contributed by atoms with Gasteiger partial charge in [0.2, 0.25) is 0 Å². The Labute approximate surface area is 96.8 Å². The van der Waals surface area contributed by atoms with E-state index in [1.807, 2.05) is 0 Å². The first-order valence-electron chi connectivity index (χ1n) is 4.82. The monoisotopic (exact) mass is 231 g/mol. The van der Waals surface area contributed by atoms with Crippen LogP contribution in [-0.4, -0.2) is 26.7 Å². The second kappa shape index (κ2) is 4.56. The smallest absolute Gasteiger partial charge is 0.349 e. The zero-order chi connectivity index (χ0) is 12.3. The Bertz CT molecular complexity index is 548. The van der Waals surface area contributed by atoms with Crippen molar-refractivity contribution in [1.29, 1.82) is 0 Å². The zero-order valence-corrected chi connectivity index (χ0v) is 9.03. The summed E-state index contributed by atoms with van der Waals surface area (Å²) >= 11 is 0. The second-order valence-electron chi connectivity index (χ2n) is 3.32. The lowest BCUT2D eigenvalue weighted by atomic mass is 10.3. The van der Waals surface area contributed by atoms with Gasteiger partial charge in [-0.05, 0) is 12.1 Å². The Kier molecular flexibility index (Phi) is 2.95. The Morgan fingerprint density at radius 1 is 1.24 bits per heavy atom. The minimum Gasteiger partial charge on any atom is -0.386 e. The summed E-state index contributed by atoms with van der Waals surface area (Å²) in [7, 11) is 1.67.